The predicted octanol–water partition coefficient (Wildman–Crippen LogP) is 2.88. The molecule has 0 aromatic carbocycles. The summed E-state index contributed by atoms with van der Waals surface area (Å²) in [7, 11) is 0. The minimum atomic E-state index is -0.321. The van der Waals surface area contributed by atoms with E-state index in [9.17, 15) is 9.59 Å². The maximum absolute atomic E-state index is 11.4. The van der Waals surface area contributed by atoms with E-state index in [-0.39, 0.29) is 31.8 Å². The van der Waals surface area contributed by atoms with E-state index in [1.807, 2.05) is 4.90 Å². The van der Waals surface area contributed by atoms with Crippen LogP contribution in [-0.4, -0.2) is 43.3 Å². The number of esters is 2. The van der Waals surface area contributed by atoms with Crippen molar-refractivity contribution in [2.24, 2.45) is 0 Å². The van der Waals surface area contributed by atoms with E-state index in [2.05, 4.69) is 6.92 Å². The minimum Gasteiger partial charge on any atom is -0.427 e. The van der Waals surface area contributed by atoms with E-state index >= 15 is 0 Å². The molecule has 0 unspecified atom stereocenters. The number of unbranched alkanes of at least 4 members (excludes halogenated alkanes) is 8. The molecule has 1 saturated heterocycles. The SMILES string of the molecule is CCCCCCCCCCCN1CC(=O)OCOC(=O)C1. The number of rotatable bonds is 10. The summed E-state index contributed by atoms with van der Waals surface area (Å²) in [6, 6.07) is 0. The molecule has 0 amide bonds. The van der Waals surface area contributed by atoms with E-state index in [0.717, 1.165) is 19.4 Å². The third-order valence-corrected chi connectivity index (χ3v) is 3.72. The number of hydrogen-bond donors (Lipinski definition) is 0. The standard InChI is InChI=1S/C16H29NO4/c1-2-3-4-5-6-7-8-9-10-11-17-12-15(18)20-14-21-16(19)13-17/h2-14H2,1H3. The van der Waals surface area contributed by atoms with Crippen molar-refractivity contribution in [1.82, 2.24) is 4.90 Å². The molecule has 1 aliphatic rings. The molecule has 21 heavy (non-hydrogen) atoms. The minimum absolute atomic E-state index is 0.187. The monoisotopic (exact) mass is 299 g/mol. The van der Waals surface area contributed by atoms with E-state index < -0.39 is 0 Å². The van der Waals surface area contributed by atoms with Gasteiger partial charge in [-0.2, -0.15) is 0 Å². The van der Waals surface area contributed by atoms with Crippen LogP contribution < -0.4 is 0 Å². The Bertz CT molecular complexity index is 289. The Balaban J connectivity index is 2.02. The molecule has 0 aromatic heterocycles. The van der Waals surface area contributed by atoms with Gasteiger partial charge in [-0.15, -0.1) is 0 Å². The molecule has 0 aliphatic carbocycles. The highest BCUT2D eigenvalue weighted by molar-refractivity contribution is 5.76. The zero-order valence-electron chi connectivity index (χ0n) is 13.3. The van der Waals surface area contributed by atoms with Crippen LogP contribution in [0.2, 0.25) is 0 Å². The Hall–Kier alpha value is -1.10. The second-order valence-electron chi connectivity index (χ2n) is 5.69. The van der Waals surface area contributed by atoms with Gasteiger partial charge in [0.05, 0.1) is 13.1 Å². The molecule has 0 saturated carbocycles. The van der Waals surface area contributed by atoms with Crippen LogP contribution >= 0.6 is 0 Å². The number of nitrogens with zero attached hydrogens (tertiary/aromatic N) is 1. The molecule has 5 nitrogen and oxygen atoms in total. The van der Waals surface area contributed by atoms with Gasteiger partial charge in [-0.1, -0.05) is 58.3 Å². The molecule has 5 heteroatoms. The Morgan fingerprint density at radius 2 is 1.29 bits per heavy atom. The van der Waals surface area contributed by atoms with Crippen molar-refractivity contribution in [2.45, 2.75) is 64.7 Å². The van der Waals surface area contributed by atoms with Gasteiger partial charge in [-0.05, 0) is 13.0 Å². The molecule has 0 N–H and O–H groups in total. The molecule has 1 rings (SSSR count). The summed E-state index contributed by atoms with van der Waals surface area (Å²) in [6.45, 7) is 3.11. The smallest absolute Gasteiger partial charge is 0.323 e. The van der Waals surface area contributed by atoms with Crippen LogP contribution in [0.4, 0.5) is 0 Å². The van der Waals surface area contributed by atoms with Gasteiger partial charge in [0, 0.05) is 0 Å². The van der Waals surface area contributed by atoms with Crippen molar-refractivity contribution in [3.8, 4) is 0 Å². The second-order valence-corrected chi connectivity index (χ2v) is 5.69. The van der Waals surface area contributed by atoms with Crippen molar-refractivity contribution in [2.75, 3.05) is 26.4 Å². The highest BCUT2D eigenvalue weighted by atomic mass is 16.7. The Morgan fingerprint density at radius 1 is 0.810 bits per heavy atom. The van der Waals surface area contributed by atoms with Gasteiger partial charge in [-0.3, -0.25) is 14.5 Å². The number of carbonyl (C=O) groups is 2. The van der Waals surface area contributed by atoms with Gasteiger partial charge in [-0.25, -0.2) is 0 Å². The fourth-order valence-corrected chi connectivity index (χ4v) is 2.48. The quantitative estimate of drug-likeness (QED) is 0.458. The van der Waals surface area contributed by atoms with Gasteiger partial charge >= 0.3 is 11.9 Å². The van der Waals surface area contributed by atoms with Crippen molar-refractivity contribution < 1.29 is 19.1 Å². The van der Waals surface area contributed by atoms with E-state index in [4.69, 9.17) is 9.47 Å². The molecule has 122 valence electrons. The van der Waals surface area contributed by atoms with Gasteiger partial charge in [0.1, 0.15) is 0 Å². The topological polar surface area (TPSA) is 55.8 Å². The summed E-state index contributed by atoms with van der Waals surface area (Å²) in [5.41, 5.74) is 0. The van der Waals surface area contributed by atoms with Gasteiger partial charge in [0.15, 0.2) is 0 Å². The average molecular weight is 299 g/mol. The highest BCUT2D eigenvalue weighted by Crippen LogP contribution is 2.10. The summed E-state index contributed by atoms with van der Waals surface area (Å²) in [5.74, 6) is -0.642. The van der Waals surface area contributed by atoms with Crippen LogP contribution in [-0.2, 0) is 19.1 Å². The lowest BCUT2D eigenvalue weighted by atomic mass is 10.1. The maximum Gasteiger partial charge on any atom is 0.323 e. The van der Waals surface area contributed by atoms with Crippen LogP contribution in [0.5, 0.6) is 0 Å². The number of carbonyl (C=O) groups excluding carboxylic acids is 2. The summed E-state index contributed by atoms with van der Waals surface area (Å²) >= 11 is 0. The molecule has 0 radical (unpaired) electrons. The third-order valence-electron chi connectivity index (χ3n) is 3.72. The van der Waals surface area contributed by atoms with Crippen LogP contribution in [0.25, 0.3) is 0 Å². The fraction of sp³-hybridized carbons (Fsp3) is 0.875. The molecular formula is C16H29NO4. The Morgan fingerprint density at radius 3 is 1.81 bits per heavy atom. The summed E-state index contributed by atoms with van der Waals surface area (Å²) in [4.78, 5) is 24.5. The molecule has 0 bridgehead atoms. The number of cyclic esters (lactones) is 2. The molecule has 0 atom stereocenters. The third kappa shape index (κ3) is 9.45. The lowest BCUT2D eigenvalue weighted by Gasteiger charge is -2.22. The van der Waals surface area contributed by atoms with Crippen LogP contribution in [0.15, 0.2) is 0 Å². The molecule has 0 spiro atoms. The van der Waals surface area contributed by atoms with Crippen molar-refractivity contribution in [3.63, 3.8) is 0 Å². The first-order valence-corrected chi connectivity index (χ1v) is 8.26. The number of hydrogen-bond acceptors (Lipinski definition) is 5. The summed E-state index contributed by atoms with van der Waals surface area (Å²) in [5, 5.41) is 0. The van der Waals surface area contributed by atoms with Crippen molar-refractivity contribution in [1.29, 1.82) is 0 Å². The van der Waals surface area contributed by atoms with E-state index in [0.29, 0.717) is 0 Å². The normalized spacial score (nSPS) is 17.0. The Labute approximate surface area is 128 Å². The fourth-order valence-electron chi connectivity index (χ4n) is 2.48. The highest BCUT2D eigenvalue weighted by Gasteiger charge is 2.19. The largest absolute Gasteiger partial charge is 0.427 e. The zero-order valence-corrected chi connectivity index (χ0v) is 13.3. The molecule has 1 heterocycles. The average Bonchev–Trinajstić information content (AvgIpc) is 2.43. The van der Waals surface area contributed by atoms with Gasteiger partial charge < -0.3 is 9.47 Å². The maximum atomic E-state index is 11.4. The summed E-state index contributed by atoms with van der Waals surface area (Å²) in [6.07, 6.45) is 11.3. The van der Waals surface area contributed by atoms with Crippen LogP contribution in [0, 0.1) is 0 Å². The van der Waals surface area contributed by atoms with Crippen LogP contribution in [0.3, 0.4) is 0 Å². The number of ether oxygens (including phenoxy) is 2. The Kier molecular flexibility index (Phi) is 9.87. The molecule has 1 aliphatic heterocycles. The van der Waals surface area contributed by atoms with Crippen LogP contribution in [0.1, 0.15) is 64.7 Å². The zero-order chi connectivity index (χ0) is 15.3. The lowest BCUT2D eigenvalue weighted by molar-refractivity contribution is -0.173. The first-order chi connectivity index (χ1) is 10.2. The van der Waals surface area contributed by atoms with Gasteiger partial charge in [0.2, 0.25) is 6.79 Å². The lowest BCUT2D eigenvalue weighted by Crippen LogP contribution is -2.39. The van der Waals surface area contributed by atoms with E-state index in [1.54, 1.807) is 0 Å². The van der Waals surface area contributed by atoms with E-state index in [1.165, 1.54) is 44.9 Å². The first-order valence-electron chi connectivity index (χ1n) is 8.26. The molecule has 1 fully saturated rings. The van der Waals surface area contributed by atoms with Gasteiger partial charge in [0.25, 0.3) is 0 Å². The molecule has 0 aromatic rings. The van der Waals surface area contributed by atoms with Crippen molar-refractivity contribution >= 4 is 11.9 Å². The second kappa shape index (κ2) is 11.5. The first kappa shape index (κ1) is 18.0. The molecular weight excluding hydrogens is 270 g/mol. The summed E-state index contributed by atoms with van der Waals surface area (Å²) < 4.78 is 9.50. The predicted molar refractivity (Wildman–Crippen MR) is 80.7 cm³/mol. The van der Waals surface area contributed by atoms with Crippen molar-refractivity contribution in [3.05, 3.63) is 0 Å².